The minimum atomic E-state index is -0.695. The lowest BCUT2D eigenvalue weighted by atomic mass is 9.89. The lowest BCUT2D eigenvalue weighted by Gasteiger charge is -2.15. The van der Waals surface area contributed by atoms with E-state index in [1.54, 1.807) is 0 Å². The van der Waals surface area contributed by atoms with Crippen LogP contribution >= 0.6 is 0 Å². The highest BCUT2D eigenvalue weighted by Crippen LogP contribution is 2.30. The fourth-order valence-corrected chi connectivity index (χ4v) is 4.16. The average Bonchev–Trinajstić information content (AvgIpc) is 2.71. The third kappa shape index (κ3) is 7.66. The fraction of sp³-hybridized carbons (Fsp3) is 0.577. The number of carbonyl (C=O) groups is 1. The summed E-state index contributed by atoms with van der Waals surface area (Å²) < 4.78 is 0. The van der Waals surface area contributed by atoms with Crippen molar-refractivity contribution in [3.8, 4) is 0 Å². The van der Waals surface area contributed by atoms with Gasteiger partial charge in [0.25, 0.3) is 0 Å². The van der Waals surface area contributed by atoms with Crippen LogP contribution in [0.15, 0.2) is 42.5 Å². The van der Waals surface area contributed by atoms with Crippen molar-refractivity contribution in [3.05, 3.63) is 48.0 Å². The summed E-state index contributed by atoms with van der Waals surface area (Å²) in [7, 11) is 0. The Morgan fingerprint density at radius 1 is 0.750 bits per heavy atom. The van der Waals surface area contributed by atoms with Crippen LogP contribution in [-0.2, 0) is 4.79 Å². The van der Waals surface area contributed by atoms with E-state index in [4.69, 9.17) is 0 Å². The molecule has 0 aliphatic carbocycles. The lowest BCUT2D eigenvalue weighted by Crippen LogP contribution is -2.12. The Morgan fingerprint density at radius 3 is 1.89 bits per heavy atom. The van der Waals surface area contributed by atoms with Gasteiger partial charge in [-0.1, -0.05) is 126 Å². The summed E-state index contributed by atoms with van der Waals surface area (Å²) in [6, 6.07) is 14.1. The predicted molar refractivity (Wildman–Crippen MR) is 120 cm³/mol. The molecule has 0 bridgehead atoms. The molecule has 0 aliphatic heterocycles. The van der Waals surface area contributed by atoms with Crippen molar-refractivity contribution in [1.82, 2.24) is 0 Å². The van der Waals surface area contributed by atoms with E-state index in [2.05, 4.69) is 19.1 Å². The van der Waals surface area contributed by atoms with Crippen LogP contribution in [0.2, 0.25) is 0 Å². The molecule has 1 atom stereocenters. The van der Waals surface area contributed by atoms with E-state index in [1.165, 1.54) is 64.2 Å². The summed E-state index contributed by atoms with van der Waals surface area (Å²) in [5.41, 5.74) is 0.966. The van der Waals surface area contributed by atoms with Gasteiger partial charge in [0.1, 0.15) is 0 Å². The molecule has 2 aromatic rings. The number of unbranched alkanes of at least 4 members (excludes halogenated alkanes) is 11. The van der Waals surface area contributed by atoms with E-state index in [0.29, 0.717) is 0 Å². The van der Waals surface area contributed by atoms with Crippen LogP contribution in [0, 0.1) is 0 Å². The van der Waals surface area contributed by atoms with Crippen molar-refractivity contribution in [1.29, 1.82) is 0 Å². The zero-order valence-corrected chi connectivity index (χ0v) is 17.7. The van der Waals surface area contributed by atoms with Crippen LogP contribution in [0.5, 0.6) is 0 Å². The molecule has 154 valence electrons. The van der Waals surface area contributed by atoms with Crippen molar-refractivity contribution in [2.45, 2.75) is 96.3 Å². The summed E-state index contributed by atoms with van der Waals surface area (Å²) in [6.45, 7) is 2.26. The molecule has 0 saturated heterocycles. The quantitative estimate of drug-likeness (QED) is 0.316. The van der Waals surface area contributed by atoms with Crippen LogP contribution < -0.4 is 0 Å². The zero-order valence-electron chi connectivity index (χ0n) is 17.7. The maximum atomic E-state index is 11.9. The first-order chi connectivity index (χ1) is 13.7. The number of rotatable bonds is 15. The molecule has 2 nitrogen and oxygen atoms in total. The first-order valence-electron chi connectivity index (χ1n) is 11.4. The van der Waals surface area contributed by atoms with Crippen molar-refractivity contribution in [3.63, 3.8) is 0 Å². The van der Waals surface area contributed by atoms with Gasteiger partial charge in [0.05, 0.1) is 5.92 Å². The molecule has 0 saturated carbocycles. The highest BCUT2D eigenvalue weighted by atomic mass is 16.4. The Hall–Kier alpha value is -1.83. The number of benzene rings is 2. The first-order valence-corrected chi connectivity index (χ1v) is 11.4. The number of carboxylic acids is 1. The van der Waals surface area contributed by atoms with E-state index in [0.717, 1.165) is 35.6 Å². The van der Waals surface area contributed by atoms with Gasteiger partial charge >= 0.3 is 5.97 Å². The predicted octanol–water partition coefficient (Wildman–Crippen LogP) is 8.10. The van der Waals surface area contributed by atoms with Gasteiger partial charge in [-0.25, -0.2) is 0 Å². The van der Waals surface area contributed by atoms with E-state index in [-0.39, 0.29) is 0 Å². The second-order valence-corrected chi connectivity index (χ2v) is 8.14. The number of hydrogen-bond acceptors (Lipinski definition) is 1. The topological polar surface area (TPSA) is 37.3 Å². The van der Waals surface area contributed by atoms with Gasteiger partial charge in [-0.2, -0.15) is 0 Å². The van der Waals surface area contributed by atoms with Gasteiger partial charge in [-0.15, -0.1) is 0 Å². The van der Waals surface area contributed by atoms with Gasteiger partial charge in [-0.3, -0.25) is 4.79 Å². The molecule has 2 heteroatoms. The van der Waals surface area contributed by atoms with Crippen molar-refractivity contribution in [2.24, 2.45) is 0 Å². The molecule has 0 aromatic heterocycles. The van der Waals surface area contributed by atoms with Gasteiger partial charge in [0, 0.05) is 0 Å². The maximum absolute atomic E-state index is 11.9. The summed E-state index contributed by atoms with van der Waals surface area (Å²) in [5, 5.41) is 12.0. The molecule has 2 rings (SSSR count). The molecule has 0 heterocycles. The SMILES string of the molecule is CCCCCCCCCCCCCC[C@@H](C(=O)O)c1cccc2ccccc12. The van der Waals surface area contributed by atoms with Gasteiger partial charge in [0.15, 0.2) is 0 Å². The zero-order chi connectivity index (χ0) is 20.0. The third-order valence-electron chi connectivity index (χ3n) is 5.84. The van der Waals surface area contributed by atoms with Crippen molar-refractivity contribution in [2.75, 3.05) is 0 Å². The normalized spacial score (nSPS) is 12.3. The van der Waals surface area contributed by atoms with Crippen LogP contribution in [0.1, 0.15) is 102 Å². The van der Waals surface area contributed by atoms with Gasteiger partial charge < -0.3 is 5.11 Å². The fourth-order valence-electron chi connectivity index (χ4n) is 4.16. The van der Waals surface area contributed by atoms with Gasteiger partial charge in [0.2, 0.25) is 0 Å². The molecule has 0 radical (unpaired) electrons. The maximum Gasteiger partial charge on any atom is 0.310 e. The van der Waals surface area contributed by atoms with Crippen molar-refractivity contribution >= 4 is 16.7 Å². The summed E-state index contributed by atoms with van der Waals surface area (Å²) in [4.78, 5) is 11.9. The third-order valence-corrected chi connectivity index (χ3v) is 5.84. The van der Waals surface area contributed by atoms with Crippen LogP contribution in [-0.4, -0.2) is 11.1 Å². The van der Waals surface area contributed by atoms with Crippen LogP contribution in [0.4, 0.5) is 0 Å². The number of fused-ring (bicyclic) bond motifs is 1. The molecular formula is C26H38O2. The minimum absolute atomic E-state index is 0.394. The Labute approximate surface area is 171 Å². The van der Waals surface area contributed by atoms with E-state index in [1.807, 2.05) is 30.3 Å². The minimum Gasteiger partial charge on any atom is -0.481 e. The Balaban J connectivity index is 1.66. The second kappa shape index (κ2) is 13.4. The number of hydrogen-bond donors (Lipinski definition) is 1. The highest BCUT2D eigenvalue weighted by molar-refractivity contribution is 5.90. The Bertz CT molecular complexity index is 686. The summed E-state index contributed by atoms with van der Waals surface area (Å²) >= 11 is 0. The number of aliphatic carboxylic acids is 1. The molecule has 0 spiro atoms. The van der Waals surface area contributed by atoms with E-state index >= 15 is 0 Å². The summed E-state index contributed by atoms with van der Waals surface area (Å²) in [5.74, 6) is -1.09. The van der Waals surface area contributed by atoms with E-state index in [9.17, 15) is 9.90 Å². The van der Waals surface area contributed by atoms with Crippen molar-refractivity contribution < 1.29 is 9.90 Å². The second-order valence-electron chi connectivity index (χ2n) is 8.14. The standard InChI is InChI=1S/C26H38O2/c1-2-3-4-5-6-7-8-9-10-11-12-13-20-25(26(27)28)24-21-16-18-22-17-14-15-19-23(22)24/h14-19,21,25H,2-13,20H2,1H3,(H,27,28)/t25-/m1/s1. The van der Waals surface area contributed by atoms with Gasteiger partial charge in [-0.05, 0) is 22.8 Å². The Morgan fingerprint density at radius 2 is 1.29 bits per heavy atom. The molecule has 2 aromatic carbocycles. The largest absolute Gasteiger partial charge is 0.481 e. The average molecular weight is 383 g/mol. The highest BCUT2D eigenvalue weighted by Gasteiger charge is 2.21. The molecule has 0 amide bonds. The molecule has 0 fully saturated rings. The monoisotopic (exact) mass is 382 g/mol. The molecule has 0 unspecified atom stereocenters. The van der Waals surface area contributed by atoms with Crippen LogP contribution in [0.3, 0.4) is 0 Å². The smallest absolute Gasteiger partial charge is 0.310 e. The molecule has 28 heavy (non-hydrogen) atoms. The molecule has 1 N–H and O–H groups in total. The Kier molecular flexibility index (Phi) is 10.7. The number of carboxylic acid groups (broad SMARTS) is 1. The summed E-state index contributed by atoms with van der Waals surface area (Å²) in [6.07, 6.45) is 16.4. The van der Waals surface area contributed by atoms with Crippen LogP contribution in [0.25, 0.3) is 10.8 Å². The molecule has 0 aliphatic rings. The lowest BCUT2D eigenvalue weighted by molar-refractivity contribution is -0.139. The van der Waals surface area contributed by atoms with E-state index < -0.39 is 11.9 Å². The molecular weight excluding hydrogens is 344 g/mol. The first kappa shape index (κ1) is 22.5.